The van der Waals surface area contributed by atoms with Crippen molar-refractivity contribution < 1.29 is 0 Å². The van der Waals surface area contributed by atoms with Gasteiger partial charge in [-0.25, -0.2) is 0 Å². The lowest BCUT2D eigenvalue weighted by atomic mass is 9.90. The van der Waals surface area contributed by atoms with Crippen molar-refractivity contribution in [1.82, 2.24) is 5.32 Å². The van der Waals surface area contributed by atoms with Gasteiger partial charge in [-0.3, -0.25) is 0 Å². The van der Waals surface area contributed by atoms with E-state index >= 15 is 0 Å². The molecule has 0 fully saturated rings. The van der Waals surface area contributed by atoms with E-state index in [9.17, 15) is 0 Å². The Labute approximate surface area is 113 Å². The van der Waals surface area contributed by atoms with Crippen LogP contribution in [0.15, 0.2) is 29.8 Å². The minimum Gasteiger partial charge on any atom is -0.310 e. The van der Waals surface area contributed by atoms with E-state index in [1.165, 1.54) is 24.8 Å². The van der Waals surface area contributed by atoms with Gasteiger partial charge in [0.1, 0.15) is 0 Å². The second kappa shape index (κ2) is 5.90. The highest BCUT2D eigenvalue weighted by atomic mass is 35.5. The molecule has 1 aromatic carbocycles. The van der Waals surface area contributed by atoms with Crippen LogP contribution in [-0.4, -0.2) is 7.05 Å². The maximum absolute atomic E-state index is 6.26. The fraction of sp³-hybridized carbons (Fsp3) is 0.429. The topological polar surface area (TPSA) is 12.0 Å². The summed E-state index contributed by atoms with van der Waals surface area (Å²) in [6, 6.07) is 5.85. The predicted molar refractivity (Wildman–Crippen MR) is 74.8 cm³/mol. The Kier molecular flexibility index (Phi) is 4.49. The number of rotatable bonds is 3. The minimum absolute atomic E-state index is 0.196. The minimum atomic E-state index is 0.196. The molecule has 1 N–H and O–H groups in total. The molecule has 0 bridgehead atoms. The van der Waals surface area contributed by atoms with E-state index < -0.39 is 0 Å². The number of hydrogen-bond donors (Lipinski definition) is 1. The van der Waals surface area contributed by atoms with Crippen LogP contribution in [0.4, 0.5) is 0 Å². The smallest absolute Gasteiger partial charge is 0.0548 e. The van der Waals surface area contributed by atoms with Crippen molar-refractivity contribution in [1.29, 1.82) is 0 Å². The Balaban J connectivity index is 2.34. The van der Waals surface area contributed by atoms with Crippen molar-refractivity contribution in [3.8, 4) is 0 Å². The van der Waals surface area contributed by atoms with E-state index in [2.05, 4.69) is 11.4 Å². The lowest BCUT2D eigenvalue weighted by Gasteiger charge is -2.24. The number of hydrogen-bond acceptors (Lipinski definition) is 1. The van der Waals surface area contributed by atoms with Crippen LogP contribution in [0.5, 0.6) is 0 Å². The summed E-state index contributed by atoms with van der Waals surface area (Å²) in [6.45, 7) is 0. The number of allylic oxidation sites excluding steroid dienone is 1. The predicted octanol–water partition coefficient (Wildman–Crippen LogP) is 4.75. The quantitative estimate of drug-likeness (QED) is 0.781. The standard InChI is InChI=1S/C14H17Cl2N/c1-17-14(10-5-3-2-4-6-10)12-9-11(15)7-8-13(12)16/h5,7-9,14,17H,2-4,6H2,1H3. The van der Waals surface area contributed by atoms with Crippen LogP contribution in [0.25, 0.3) is 0 Å². The lowest BCUT2D eigenvalue weighted by Crippen LogP contribution is -2.20. The van der Waals surface area contributed by atoms with Crippen LogP contribution < -0.4 is 5.32 Å². The number of nitrogens with one attached hydrogen (secondary N) is 1. The summed E-state index contributed by atoms with van der Waals surface area (Å²) in [7, 11) is 1.97. The van der Waals surface area contributed by atoms with Crippen molar-refractivity contribution in [2.75, 3.05) is 7.05 Å². The largest absolute Gasteiger partial charge is 0.310 e. The summed E-state index contributed by atoms with van der Waals surface area (Å²) in [5, 5.41) is 4.86. The van der Waals surface area contributed by atoms with E-state index in [-0.39, 0.29) is 6.04 Å². The zero-order chi connectivity index (χ0) is 12.3. The second-order valence-corrected chi connectivity index (χ2v) is 5.26. The third-order valence-electron chi connectivity index (χ3n) is 3.25. The van der Waals surface area contributed by atoms with Crippen LogP contribution in [0, 0.1) is 0 Å². The summed E-state index contributed by atoms with van der Waals surface area (Å²) in [5.41, 5.74) is 2.51. The number of halogens is 2. The molecule has 0 saturated carbocycles. The molecule has 92 valence electrons. The zero-order valence-electron chi connectivity index (χ0n) is 9.97. The number of benzene rings is 1. The van der Waals surface area contributed by atoms with Crippen molar-refractivity contribution in [2.45, 2.75) is 31.7 Å². The molecule has 1 aliphatic rings. The van der Waals surface area contributed by atoms with Gasteiger partial charge in [-0.2, -0.15) is 0 Å². The zero-order valence-corrected chi connectivity index (χ0v) is 11.5. The molecule has 1 nitrogen and oxygen atoms in total. The van der Waals surface area contributed by atoms with Gasteiger partial charge in [-0.1, -0.05) is 34.9 Å². The van der Waals surface area contributed by atoms with Gasteiger partial charge in [0.2, 0.25) is 0 Å². The fourth-order valence-corrected chi connectivity index (χ4v) is 2.81. The average Bonchev–Trinajstić information content (AvgIpc) is 2.36. The summed E-state index contributed by atoms with van der Waals surface area (Å²) >= 11 is 12.3. The van der Waals surface area contributed by atoms with Crippen LogP contribution in [-0.2, 0) is 0 Å². The SMILES string of the molecule is CNC(C1=CCCCC1)c1cc(Cl)ccc1Cl. The average molecular weight is 270 g/mol. The molecule has 3 heteroatoms. The third-order valence-corrected chi connectivity index (χ3v) is 3.83. The summed E-state index contributed by atoms with van der Waals surface area (Å²) in [6.07, 6.45) is 7.22. The van der Waals surface area contributed by atoms with E-state index in [0.717, 1.165) is 22.0 Å². The van der Waals surface area contributed by atoms with Gasteiger partial charge in [0.15, 0.2) is 0 Å². The summed E-state index contributed by atoms with van der Waals surface area (Å²) in [5.74, 6) is 0. The monoisotopic (exact) mass is 269 g/mol. The second-order valence-electron chi connectivity index (χ2n) is 4.41. The summed E-state index contributed by atoms with van der Waals surface area (Å²) in [4.78, 5) is 0. The Hall–Kier alpha value is -0.500. The van der Waals surface area contributed by atoms with E-state index in [1.54, 1.807) is 0 Å². The highest BCUT2D eigenvalue weighted by Crippen LogP contribution is 2.34. The molecule has 1 unspecified atom stereocenters. The summed E-state index contributed by atoms with van der Waals surface area (Å²) < 4.78 is 0. The van der Waals surface area contributed by atoms with Crippen molar-refractivity contribution >= 4 is 23.2 Å². The van der Waals surface area contributed by atoms with Crippen LogP contribution in [0.1, 0.15) is 37.3 Å². The first-order chi connectivity index (χ1) is 8.22. The van der Waals surface area contributed by atoms with Crippen LogP contribution in [0.2, 0.25) is 10.0 Å². The molecule has 0 aliphatic heterocycles. The van der Waals surface area contributed by atoms with Crippen LogP contribution >= 0.6 is 23.2 Å². The lowest BCUT2D eigenvalue weighted by molar-refractivity contribution is 0.593. The molecule has 0 amide bonds. The van der Waals surface area contributed by atoms with E-state index in [0.29, 0.717) is 0 Å². The Morgan fingerprint density at radius 1 is 1.24 bits per heavy atom. The fourth-order valence-electron chi connectivity index (χ4n) is 2.40. The van der Waals surface area contributed by atoms with Gasteiger partial charge < -0.3 is 5.32 Å². The first-order valence-corrected chi connectivity index (χ1v) is 6.79. The van der Waals surface area contributed by atoms with Crippen LogP contribution in [0.3, 0.4) is 0 Å². The first kappa shape index (κ1) is 12.9. The molecule has 0 radical (unpaired) electrons. The van der Waals surface area contributed by atoms with Gasteiger partial charge in [0.05, 0.1) is 6.04 Å². The Bertz CT molecular complexity index is 426. The van der Waals surface area contributed by atoms with Gasteiger partial charge in [-0.15, -0.1) is 0 Å². The highest BCUT2D eigenvalue weighted by molar-refractivity contribution is 6.33. The molecule has 17 heavy (non-hydrogen) atoms. The molecule has 0 saturated heterocycles. The molecular weight excluding hydrogens is 253 g/mol. The molecule has 0 aromatic heterocycles. The van der Waals surface area contributed by atoms with Crippen molar-refractivity contribution in [3.63, 3.8) is 0 Å². The van der Waals surface area contributed by atoms with Crippen molar-refractivity contribution in [3.05, 3.63) is 45.5 Å². The maximum atomic E-state index is 6.26. The van der Waals surface area contributed by atoms with E-state index in [4.69, 9.17) is 23.2 Å². The van der Waals surface area contributed by atoms with Gasteiger partial charge in [-0.05, 0) is 56.5 Å². The molecule has 0 spiro atoms. The Morgan fingerprint density at radius 3 is 2.71 bits per heavy atom. The molecule has 0 heterocycles. The third kappa shape index (κ3) is 3.04. The van der Waals surface area contributed by atoms with Gasteiger partial charge in [0, 0.05) is 10.0 Å². The van der Waals surface area contributed by atoms with Crippen molar-refractivity contribution in [2.24, 2.45) is 0 Å². The van der Waals surface area contributed by atoms with Gasteiger partial charge >= 0.3 is 0 Å². The van der Waals surface area contributed by atoms with E-state index in [1.807, 2.05) is 25.2 Å². The molecular formula is C14H17Cl2N. The molecule has 1 aliphatic carbocycles. The maximum Gasteiger partial charge on any atom is 0.0548 e. The molecule has 1 aromatic rings. The van der Waals surface area contributed by atoms with Gasteiger partial charge in [0.25, 0.3) is 0 Å². The molecule has 1 atom stereocenters. The Morgan fingerprint density at radius 2 is 2.06 bits per heavy atom. The highest BCUT2D eigenvalue weighted by Gasteiger charge is 2.19. The number of likely N-dealkylation sites (N-methyl/N-ethyl adjacent to an activating group) is 1. The first-order valence-electron chi connectivity index (χ1n) is 6.03. The normalized spacial score (nSPS) is 17.7. The molecule has 2 rings (SSSR count).